The summed E-state index contributed by atoms with van der Waals surface area (Å²) >= 11 is 7.42. The number of nitro benzene ring substituents is 1. The molecule has 1 aromatic carbocycles. The number of hydrogen-bond donors (Lipinski definition) is 2. The molecule has 2 N–H and O–H groups in total. The number of nitro groups is 1. The lowest BCUT2D eigenvalue weighted by Crippen LogP contribution is -2.29. The van der Waals surface area contributed by atoms with Crippen LogP contribution in [0.2, 0.25) is 5.02 Å². The number of nitrogens with one attached hydrogen (secondary N) is 2. The zero-order valence-corrected chi connectivity index (χ0v) is 10.8. The Kier molecular flexibility index (Phi) is 2.91. The van der Waals surface area contributed by atoms with Crippen LogP contribution in [0.25, 0.3) is 11.0 Å². The van der Waals surface area contributed by atoms with E-state index in [0.717, 1.165) is 0 Å². The summed E-state index contributed by atoms with van der Waals surface area (Å²) in [6.07, 6.45) is 0. The molecule has 0 aliphatic rings. The molecule has 0 saturated carbocycles. The molecule has 0 amide bonds. The highest BCUT2D eigenvalue weighted by Gasteiger charge is 2.21. The molecule has 9 heteroatoms. The van der Waals surface area contributed by atoms with Gasteiger partial charge in [-0.2, -0.15) is 0 Å². The van der Waals surface area contributed by atoms with Crippen molar-refractivity contribution >= 4 is 50.9 Å². The van der Waals surface area contributed by atoms with Crippen molar-refractivity contribution in [3.63, 3.8) is 0 Å². The highest BCUT2D eigenvalue weighted by Crippen LogP contribution is 2.33. The van der Waals surface area contributed by atoms with E-state index in [9.17, 15) is 19.7 Å². The smallest absolute Gasteiger partial charge is 0.314 e. The summed E-state index contributed by atoms with van der Waals surface area (Å²) in [7, 11) is 0. The fourth-order valence-corrected chi connectivity index (χ4v) is 2.69. The van der Waals surface area contributed by atoms with Gasteiger partial charge in [-0.3, -0.25) is 19.7 Å². The third kappa shape index (κ3) is 1.93. The Morgan fingerprint density at radius 1 is 1.29 bits per heavy atom. The molecule has 7 nitrogen and oxygen atoms in total. The van der Waals surface area contributed by atoms with E-state index in [-0.39, 0.29) is 25.3 Å². The van der Waals surface area contributed by atoms with Crippen LogP contribution < -0.4 is 11.1 Å². The molecule has 1 aromatic heterocycles. The molecule has 0 aliphatic heterocycles. The standard InChI is InChI=1S/C8H3ClIN3O4/c9-2-1-3-5(4(10)6(2)13(16)17)12-8(15)7(14)11-3/h1H,(H,11,14)(H,12,15). The van der Waals surface area contributed by atoms with Crippen LogP contribution in [0, 0.1) is 13.7 Å². The number of halogens is 2. The van der Waals surface area contributed by atoms with E-state index in [2.05, 4.69) is 9.97 Å². The van der Waals surface area contributed by atoms with Crippen LogP contribution in [0.5, 0.6) is 0 Å². The first-order valence-electron chi connectivity index (χ1n) is 4.20. The lowest BCUT2D eigenvalue weighted by Gasteiger charge is -2.03. The SMILES string of the molecule is O=c1[nH]c2cc(Cl)c([N+](=O)[O-])c(I)c2[nH]c1=O. The fourth-order valence-electron chi connectivity index (χ4n) is 1.35. The van der Waals surface area contributed by atoms with Gasteiger partial charge < -0.3 is 9.97 Å². The Morgan fingerprint density at radius 2 is 1.88 bits per heavy atom. The van der Waals surface area contributed by atoms with E-state index in [4.69, 9.17) is 11.6 Å². The Balaban J connectivity index is 3.02. The maximum absolute atomic E-state index is 11.1. The van der Waals surface area contributed by atoms with Gasteiger partial charge in [0.25, 0.3) is 0 Å². The van der Waals surface area contributed by atoms with Crippen molar-refractivity contribution in [2.45, 2.75) is 0 Å². The maximum atomic E-state index is 11.1. The largest absolute Gasteiger partial charge is 0.316 e. The van der Waals surface area contributed by atoms with Crippen molar-refractivity contribution in [1.29, 1.82) is 0 Å². The minimum Gasteiger partial charge on any atom is -0.316 e. The van der Waals surface area contributed by atoms with E-state index in [0.29, 0.717) is 0 Å². The molecule has 0 unspecified atom stereocenters. The fraction of sp³-hybridized carbons (Fsp3) is 0. The first kappa shape index (κ1) is 12.0. The minimum atomic E-state index is -0.868. The van der Waals surface area contributed by atoms with Crippen LogP contribution in [0.15, 0.2) is 15.7 Å². The van der Waals surface area contributed by atoms with Crippen LogP contribution in [0.3, 0.4) is 0 Å². The van der Waals surface area contributed by atoms with Crippen LogP contribution >= 0.6 is 34.2 Å². The van der Waals surface area contributed by atoms with E-state index in [1.54, 1.807) is 22.6 Å². The second-order valence-corrected chi connectivity index (χ2v) is 4.59. The monoisotopic (exact) mass is 367 g/mol. The number of benzene rings is 1. The summed E-state index contributed by atoms with van der Waals surface area (Å²) in [5.41, 5.74) is -1.58. The highest BCUT2D eigenvalue weighted by atomic mass is 127. The van der Waals surface area contributed by atoms with E-state index >= 15 is 0 Å². The lowest BCUT2D eigenvalue weighted by molar-refractivity contribution is -0.385. The lowest BCUT2D eigenvalue weighted by atomic mass is 10.2. The first-order chi connectivity index (χ1) is 7.91. The molecular weight excluding hydrogens is 364 g/mol. The second-order valence-electron chi connectivity index (χ2n) is 3.11. The van der Waals surface area contributed by atoms with E-state index in [1.807, 2.05) is 0 Å². The average Bonchev–Trinajstić information content (AvgIpc) is 2.21. The third-order valence-corrected chi connectivity index (χ3v) is 3.41. The van der Waals surface area contributed by atoms with Gasteiger partial charge in [0.15, 0.2) is 0 Å². The van der Waals surface area contributed by atoms with Gasteiger partial charge in [-0.25, -0.2) is 0 Å². The molecule has 17 heavy (non-hydrogen) atoms. The van der Waals surface area contributed by atoms with Crippen LogP contribution in [0.1, 0.15) is 0 Å². The number of aromatic nitrogens is 2. The first-order valence-corrected chi connectivity index (χ1v) is 5.66. The second kappa shape index (κ2) is 4.11. The number of fused-ring (bicyclic) bond motifs is 1. The van der Waals surface area contributed by atoms with Crippen molar-refractivity contribution in [2.75, 3.05) is 0 Å². The molecule has 0 bridgehead atoms. The van der Waals surface area contributed by atoms with Gasteiger partial charge in [-0.1, -0.05) is 11.6 Å². The molecule has 0 radical (unpaired) electrons. The molecular formula is C8H3ClIN3O4. The zero-order valence-electron chi connectivity index (χ0n) is 7.91. The van der Waals surface area contributed by atoms with Gasteiger partial charge in [0, 0.05) is 0 Å². The predicted molar refractivity (Wildman–Crippen MR) is 69.6 cm³/mol. The molecule has 0 fully saturated rings. The Bertz CT molecular complexity index is 751. The summed E-state index contributed by atoms with van der Waals surface area (Å²) in [4.78, 5) is 37.0. The summed E-state index contributed by atoms with van der Waals surface area (Å²) < 4.78 is 0.170. The molecule has 0 atom stereocenters. The van der Waals surface area contributed by atoms with Crippen molar-refractivity contribution in [2.24, 2.45) is 0 Å². The summed E-state index contributed by atoms with van der Waals surface area (Å²) in [6, 6.07) is 1.23. The quantitative estimate of drug-likeness (QED) is 0.343. The van der Waals surface area contributed by atoms with Crippen molar-refractivity contribution < 1.29 is 4.92 Å². The normalized spacial score (nSPS) is 10.7. The van der Waals surface area contributed by atoms with Gasteiger partial charge in [-0.15, -0.1) is 0 Å². The molecule has 0 spiro atoms. The number of nitrogens with zero attached hydrogens (tertiary/aromatic N) is 1. The Hall–Kier alpha value is -1.42. The molecule has 88 valence electrons. The zero-order chi connectivity index (χ0) is 12.7. The van der Waals surface area contributed by atoms with Gasteiger partial charge in [0.2, 0.25) is 0 Å². The molecule has 0 aliphatic carbocycles. The summed E-state index contributed by atoms with van der Waals surface area (Å²) in [5, 5.41) is 10.7. The van der Waals surface area contributed by atoms with Crippen LogP contribution in [-0.2, 0) is 0 Å². The number of hydrogen-bond acceptors (Lipinski definition) is 4. The van der Waals surface area contributed by atoms with Gasteiger partial charge in [-0.05, 0) is 28.7 Å². The van der Waals surface area contributed by atoms with E-state index < -0.39 is 16.0 Å². The number of aromatic amines is 2. The van der Waals surface area contributed by atoms with Crippen LogP contribution in [0.4, 0.5) is 5.69 Å². The third-order valence-electron chi connectivity index (χ3n) is 2.07. The molecule has 2 aromatic rings. The predicted octanol–water partition coefficient (Wildman–Crippen LogP) is 1.38. The number of H-pyrrole nitrogens is 2. The maximum Gasteiger partial charge on any atom is 0.314 e. The molecule has 0 saturated heterocycles. The van der Waals surface area contributed by atoms with Gasteiger partial charge >= 0.3 is 16.8 Å². The Morgan fingerprint density at radius 3 is 2.47 bits per heavy atom. The van der Waals surface area contributed by atoms with E-state index in [1.165, 1.54) is 6.07 Å². The average molecular weight is 367 g/mol. The highest BCUT2D eigenvalue weighted by molar-refractivity contribution is 14.1. The van der Waals surface area contributed by atoms with Crippen molar-refractivity contribution in [1.82, 2.24) is 9.97 Å². The Labute approximate surface area is 111 Å². The molecule has 2 rings (SSSR count). The minimum absolute atomic E-state index is 0.102. The number of rotatable bonds is 1. The van der Waals surface area contributed by atoms with Gasteiger partial charge in [0.1, 0.15) is 8.59 Å². The summed E-state index contributed by atoms with van der Waals surface area (Å²) in [6.45, 7) is 0. The van der Waals surface area contributed by atoms with Crippen molar-refractivity contribution in [3.8, 4) is 0 Å². The van der Waals surface area contributed by atoms with Gasteiger partial charge in [0.05, 0.1) is 16.0 Å². The van der Waals surface area contributed by atoms with Crippen molar-refractivity contribution in [3.05, 3.63) is 45.5 Å². The summed E-state index contributed by atoms with van der Waals surface area (Å²) in [5.74, 6) is 0. The molecule has 1 heterocycles. The topological polar surface area (TPSA) is 109 Å². The van der Waals surface area contributed by atoms with Crippen LogP contribution in [-0.4, -0.2) is 14.9 Å².